The number of benzene rings is 1. The van der Waals surface area contributed by atoms with E-state index >= 15 is 0 Å². The fourth-order valence-corrected chi connectivity index (χ4v) is 3.49. The van der Waals surface area contributed by atoms with Crippen LogP contribution >= 0.6 is 11.3 Å². The molecular formula is C20H14N4OS. The van der Waals surface area contributed by atoms with Gasteiger partial charge in [0, 0.05) is 22.8 Å². The van der Waals surface area contributed by atoms with Crippen molar-refractivity contribution in [1.29, 1.82) is 5.26 Å². The van der Waals surface area contributed by atoms with E-state index in [4.69, 9.17) is 0 Å². The molecule has 0 spiro atoms. The first-order valence-electron chi connectivity index (χ1n) is 8.03. The van der Waals surface area contributed by atoms with Gasteiger partial charge in [0.2, 0.25) is 0 Å². The van der Waals surface area contributed by atoms with Crippen molar-refractivity contribution in [1.82, 2.24) is 14.7 Å². The van der Waals surface area contributed by atoms with Gasteiger partial charge in [0.1, 0.15) is 5.65 Å². The molecule has 5 nitrogen and oxygen atoms in total. The summed E-state index contributed by atoms with van der Waals surface area (Å²) >= 11 is 1.44. The van der Waals surface area contributed by atoms with Crippen LogP contribution in [0.4, 0.5) is 0 Å². The second-order valence-electron chi connectivity index (χ2n) is 5.70. The fourth-order valence-electron chi connectivity index (χ4n) is 2.77. The lowest BCUT2D eigenvalue weighted by molar-refractivity contribution is 0.0947. The van der Waals surface area contributed by atoms with E-state index in [-0.39, 0.29) is 5.91 Å². The molecule has 0 radical (unpaired) electrons. The van der Waals surface area contributed by atoms with E-state index in [9.17, 15) is 10.1 Å². The lowest BCUT2D eigenvalue weighted by Crippen LogP contribution is -2.27. The van der Waals surface area contributed by atoms with E-state index in [1.165, 1.54) is 11.3 Å². The number of thiophene rings is 1. The van der Waals surface area contributed by atoms with E-state index in [0.29, 0.717) is 11.2 Å². The summed E-state index contributed by atoms with van der Waals surface area (Å²) in [6.45, 7) is 0. The molecule has 3 aromatic heterocycles. The molecule has 1 atom stereocenters. The number of amides is 1. The molecule has 26 heavy (non-hydrogen) atoms. The molecule has 4 rings (SSSR count). The van der Waals surface area contributed by atoms with Gasteiger partial charge in [0.05, 0.1) is 17.3 Å². The van der Waals surface area contributed by atoms with Crippen LogP contribution in [0, 0.1) is 11.3 Å². The second-order valence-corrected chi connectivity index (χ2v) is 6.68. The number of rotatable bonds is 4. The van der Waals surface area contributed by atoms with Crippen molar-refractivity contribution in [3.8, 4) is 17.3 Å². The van der Waals surface area contributed by atoms with Gasteiger partial charge in [-0.25, -0.2) is 4.98 Å². The number of hydrogen-bond donors (Lipinski definition) is 1. The summed E-state index contributed by atoms with van der Waals surface area (Å²) in [5.74, 6) is -0.319. The standard InChI is InChI=1S/C20H14N4OS/c21-12-16(18-9-5-11-26-18)23-20(25)15-8-4-10-24-13-17(22-19(15)24)14-6-2-1-3-7-14/h1-11,13,16H,(H,23,25). The van der Waals surface area contributed by atoms with Crippen molar-refractivity contribution in [2.45, 2.75) is 6.04 Å². The Kier molecular flexibility index (Phi) is 4.22. The minimum atomic E-state index is -0.675. The number of carbonyl (C=O) groups is 1. The maximum atomic E-state index is 12.8. The normalized spacial score (nSPS) is 11.8. The third-order valence-corrected chi connectivity index (χ3v) is 4.97. The predicted octanol–water partition coefficient (Wildman–Crippen LogP) is 4.06. The molecular weight excluding hydrogens is 344 g/mol. The molecule has 1 N–H and O–H groups in total. The van der Waals surface area contributed by atoms with Crippen molar-refractivity contribution < 1.29 is 4.79 Å². The first-order valence-corrected chi connectivity index (χ1v) is 8.91. The zero-order valence-corrected chi connectivity index (χ0v) is 14.5. The molecule has 0 fully saturated rings. The van der Waals surface area contributed by atoms with Crippen LogP contribution in [0.3, 0.4) is 0 Å². The van der Waals surface area contributed by atoms with Crippen molar-refractivity contribution >= 4 is 22.9 Å². The Morgan fingerprint density at radius 1 is 1.15 bits per heavy atom. The third kappa shape index (κ3) is 2.96. The lowest BCUT2D eigenvalue weighted by atomic mass is 10.2. The number of imidazole rings is 1. The summed E-state index contributed by atoms with van der Waals surface area (Å²) in [6.07, 6.45) is 3.75. The Morgan fingerprint density at radius 2 is 2.00 bits per heavy atom. The molecule has 0 aliphatic heterocycles. The number of nitriles is 1. The average molecular weight is 358 g/mol. The molecule has 4 aromatic rings. The summed E-state index contributed by atoms with van der Waals surface area (Å²) in [7, 11) is 0. The van der Waals surface area contributed by atoms with Crippen LogP contribution in [0.2, 0.25) is 0 Å². The zero-order valence-electron chi connectivity index (χ0n) is 13.7. The predicted molar refractivity (Wildman–Crippen MR) is 101 cm³/mol. The van der Waals surface area contributed by atoms with Crippen LogP contribution in [0.25, 0.3) is 16.9 Å². The fraction of sp³-hybridized carbons (Fsp3) is 0.0500. The summed E-state index contributed by atoms with van der Waals surface area (Å²) < 4.78 is 1.82. The van der Waals surface area contributed by atoms with Crippen LogP contribution < -0.4 is 5.32 Å². The first-order chi connectivity index (χ1) is 12.8. The number of nitrogens with zero attached hydrogens (tertiary/aromatic N) is 3. The molecule has 3 heterocycles. The number of aromatic nitrogens is 2. The van der Waals surface area contributed by atoms with Crippen molar-refractivity contribution in [2.24, 2.45) is 0 Å². The Morgan fingerprint density at radius 3 is 2.73 bits per heavy atom. The minimum Gasteiger partial charge on any atom is -0.332 e. The van der Waals surface area contributed by atoms with Gasteiger partial charge in [0.25, 0.3) is 5.91 Å². The molecule has 1 unspecified atom stereocenters. The van der Waals surface area contributed by atoms with Gasteiger partial charge in [-0.05, 0) is 23.6 Å². The molecule has 1 amide bonds. The maximum absolute atomic E-state index is 12.8. The van der Waals surface area contributed by atoms with Crippen LogP contribution in [0.5, 0.6) is 0 Å². The number of fused-ring (bicyclic) bond motifs is 1. The Labute approximate surface area is 154 Å². The average Bonchev–Trinajstić information content (AvgIpc) is 3.36. The van der Waals surface area contributed by atoms with Gasteiger partial charge in [-0.1, -0.05) is 36.4 Å². The highest BCUT2D eigenvalue weighted by Gasteiger charge is 2.19. The summed E-state index contributed by atoms with van der Waals surface area (Å²) in [5.41, 5.74) is 2.77. The smallest absolute Gasteiger partial charge is 0.256 e. The van der Waals surface area contributed by atoms with Crippen LogP contribution in [-0.4, -0.2) is 15.3 Å². The van der Waals surface area contributed by atoms with E-state index in [0.717, 1.165) is 16.1 Å². The Hall–Kier alpha value is -3.43. The molecule has 0 aliphatic rings. The number of pyridine rings is 1. The van der Waals surface area contributed by atoms with Gasteiger partial charge in [-0.15, -0.1) is 11.3 Å². The van der Waals surface area contributed by atoms with Crippen LogP contribution in [0.1, 0.15) is 21.3 Å². The second kappa shape index (κ2) is 6.82. The maximum Gasteiger partial charge on any atom is 0.256 e. The monoisotopic (exact) mass is 358 g/mol. The summed E-state index contributed by atoms with van der Waals surface area (Å²) in [5, 5.41) is 14.0. The molecule has 0 bridgehead atoms. The van der Waals surface area contributed by atoms with Crippen LogP contribution in [-0.2, 0) is 0 Å². The van der Waals surface area contributed by atoms with E-state index in [1.807, 2.05) is 64.6 Å². The lowest BCUT2D eigenvalue weighted by Gasteiger charge is -2.10. The number of carbonyl (C=O) groups excluding carboxylic acids is 1. The quantitative estimate of drug-likeness (QED) is 0.598. The molecule has 6 heteroatoms. The van der Waals surface area contributed by atoms with Gasteiger partial charge >= 0.3 is 0 Å². The molecule has 0 aliphatic carbocycles. The highest BCUT2D eigenvalue weighted by atomic mass is 32.1. The molecule has 0 saturated carbocycles. The highest BCUT2D eigenvalue weighted by molar-refractivity contribution is 7.10. The summed E-state index contributed by atoms with van der Waals surface area (Å²) in [6, 6.07) is 18.5. The van der Waals surface area contributed by atoms with Crippen molar-refractivity contribution in [3.63, 3.8) is 0 Å². The van der Waals surface area contributed by atoms with E-state index < -0.39 is 6.04 Å². The van der Waals surface area contributed by atoms with Gasteiger partial charge < -0.3 is 9.72 Å². The SMILES string of the molecule is N#CC(NC(=O)c1cccn2cc(-c3ccccc3)nc12)c1cccs1. The Balaban J connectivity index is 1.69. The third-order valence-electron chi connectivity index (χ3n) is 4.03. The topological polar surface area (TPSA) is 70.2 Å². The largest absolute Gasteiger partial charge is 0.332 e. The molecule has 0 saturated heterocycles. The van der Waals surface area contributed by atoms with E-state index in [1.54, 1.807) is 12.1 Å². The number of hydrogen-bond acceptors (Lipinski definition) is 4. The number of nitrogens with one attached hydrogen (secondary N) is 1. The summed E-state index contributed by atoms with van der Waals surface area (Å²) in [4.78, 5) is 18.2. The van der Waals surface area contributed by atoms with Gasteiger partial charge in [-0.3, -0.25) is 4.79 Å². The highest BCUT2D eigenvalue weighted by Crippen LogP contribution is 2.22. The van der Waals surface area contributed by atoms with Gasteiger partial charge in [-0.2, -0.15) is 5.26 Å². The Bertz CT molecular complexity index is 1090. The molecule has 1 aromatic carbocycles. The van der Waals surface area contributed by atoms with E-state index in [2.05, 4.69) is 16.4 Å². The molecule has 126 valence electrons. The van der Waals surface area contributed by atoms with Crippen LogP contribution in [0.15, 0.2) is 72.4 Å². The minimum absolute atomic E-state index is 0.319. The van der Waals surface area contributed by atoms with Crippen molar-refractivity contribution in [3.05, 3.63) is 82.8 Å². The zero-order chi connectivity index (χ0) is 17.9. The van der Waals surface area contributed by atoms with Crippen molar-refractivity contribution in [2.75, 3.05) is 0 Å². The van der Waals surface area contributed by atoms with Gasteiger partial charge in [0.15, 0.2) is 6.04 Å². The first kappa shape index (κ1) is 16.1.